The zero-order chi connectivity index (χ0) is 20.5. The first-order valence-corrected chi connectivity index (χ1v) is 11.7. The van der Waals surface area contributed by atoms with Gasteiger partial charge in [0, 0.05) is 19.1 Å². The van der Waals surface area contributed by atoms with Gasteiger partial charge >= 0.3 is 5.97 Å². The molecular weight excluding hydrogens is 370 g/mol. The van der Waals surface area contributed by atoms with Gasteiger partial charge in [0.25, 0.3) is 0 Å². The second-order valence-corrected chi connectivity index (χ2v) is 8.39. The molecular formula is C23H39NO5. The highest BCUT2D eigenvalue weighted by atomic mass is 16.6. The minimum atomic E-state index is -0.348. The van der Waals surface area contributed by atoms with Crippen molar-refractivity contribution in [2.75, 3.05) is 39.5 Å². The maximum Gasteiger partial charge on any atom is 0.373 e. The van der Waals surface area contributed by atoms with Crippen molar-refractivity contribution in [1.82, 2.24) is 4.90 Å². The van der Waals surface area contributed by atoms with E-state index < -0.39 is 0 Å². The standard InChI is InChI=1S/C23H39NO5/c1-3-26-22(23(25)27-4-2)17-18-9-11-19(12-10-18)28-15-13-24-14-16-29-21-8-6-5-7-20(21)24/h17-21H,3-16H2,1-2H3. The zero-order valence-corrected chi connectivity index (χ0v) is 18.3. The predicted octanol–water partition coefficient (Wildman–Crippen LogP) is 3.69. The first-order valence-electron chi connectivity index (χ1n) is 11.7. The molecule has 29 heavy (non-hydrogen) atoms. The molecule has 0 spiro atoms. The first-order chi connectivity index (χ1) is 14.2. The normalized spacial score (nSPS) is 31.2. The molecule has 2 saturated carbocycles. The molecule has 0 radical (unpaired) electrons. The molecule has 0 amide bonds. The third-order valence-corrected chi connectivity index (χ3v) is 6.46. The summed E-state index contributed by atoms with van der Waals surface area (Å²) in [6.07, 6.45) is 12.0. The quantitative estimate of drug-likeness (QED) is 0.329. The number of carbonyl (C=O) groups is 1. The van der Waals surface area contributed by atoms with E-state index in [9.17, 15) is 4.79 Å². The molecule has 0 bridgehead atoms. The number of hydrogen-bond acceptors (Lipinski definition) is 6. The van der Waals surface area contributed by atoms with Crippen molar-refractivity contribution >= 4 is 5.97 Å². The topological polar surface area (TPSA) is 57.2 Å². The highest BCUT2D eigenvalue weighted by Gasteiger charge is 2.34. The summed E-state index contributed by atoms with van der Waals surface area (Å²) in [5, 5.41) is 0. The van der Waals surface area contributed by atoms with Gasteiger partial charge in [0.1, 0.15) is 0 Å². The summed E-state index contributed by atoms with van der Waals surface area (Å²) in [7, 11) is 0. The lowest BCUT2D eigenvalue weighted by Crippen LogP contribution is -2.53. The Kier molecular flexibility index (Phi) is 9.28. The summed E-state index contributed by atoms with van der Waals surface area (Å²) in [6.45, 7) is 8.28. The van der Waals surface area contributed by atoms with E-state index in [1.54, 1.807) is 0 Å². The van der Waals surface area contributed by atoms with E-state index >= 15 is 0 Å². The number of rotatable bonds is 9. The number of allylic oxidation sites excluding steroid dienone is 1. The molecule has 1 aliphatic heterocycles. The lowest BCUT2D eigenvalue weighted by atomic mass is 9.87. The van der Waals surface area contributed by atoms with Crippen molar-refractivity contribution in [2.45, 2.75) is 83.5 Å². The largest absolute Gasteiger partial charge is 0.487 e. The van der Waals surface area contributed by atoms with Gasteiger partial charge in [-0.05, 0) is 64.4 Å². The third kappa shape index (κ3) is 6.69. The molecule has 2 aliphatic carbocycles. The molecule has 2 atom stereocenters. The van der Waals surface area contributed by atoms with Crippen LogP contribution in [-0.2, 0) is 23.7 Å². The molecule has 0 aromatic rings. The van der Waals surface area contributed by atoms with Crippen LogP contribution in [0.4, 0.5) is 0 Å². The number of hydrogen-bond donors (Lipinski definition) is 0. The Morgan fingerprint density at radius 3 is 2.55 bits per heavy atom. The highest BCUT2D eigenvalue weighted by Crippen LogP contribution is 2.30. The predicted molar refractivity (Wildman–Crippen MR) is 112 cm³/mol. The monoisotopic (exact) mass is 409 g/mol. The van der Waals surface area contributed by atoms with Gasteiger partial charge in [0.2, 0.25) is 5.76 Å². The van der Waals surface area contributed by atoms with Crippen molar-refractivity contribution in [3.63, 3.8) is 0 Å². The SMILES string of the molecule is CCOC(=O)C(=CC1CCC(OCCN2CCOC3CCCCC32)CC1)OCC. The molecule has 3 aliphatic rings. The van der Waals surface area contributed by atoms with Gasteiger partial charge in [-0.3, -0.25) is 4.90 Å². The number of ether oxygens (including phenoxy) is 4. The molecule has 6 heteroatoms. The molecule has 3 fully saturated rings. The number of esters is 1. The number of nitrogens with zero attached hydrogens (tertiary/aromatic N) is 1. The zero-order valence-electron chi connectivity index (χ0n) is 18.3. The summed E-state index contributed by atoms with van der Waals surface area (Å²) < 4.78 is 22.8. The Hall–Kier alpha value is -1.11. The van der Waals surface area contributed by atoms with E-state index in [0.29, 0.717) is 43.1 Å². The third-order valence-electron chi connectivity index (χ3n) is 6.46. The number of morpholine rings is 1. The second kappa shape index (κ2) is 11.9. The van der Waals surface area contributed by atoms with Gasteiger partial charge in [0.15, 0.2) is 0 Å². The lowest BCUT2D eigenvalue weighted by Gasteiger charge is -2.44. The van der Waals surface area contributed by atoms with Crippen molar-refractivity contribution in [3.05, 3.63) is 11.8 Å². The first kappa shape index (κ1) is 22.6. The van der Waals surface area contributed by atoms with Crippen LogP contribution >= 0.6 is 0 Å². The van der Waals surface area contributed by atoms with Crippen LogP contribution in [0.1, 0.15) is 65.2 Å². The van der Waals surface area contributed by atoms with Crippen LogP contribution < -0.4 is 0 Å². The number of fused-ring (bicyclic) bond motifs is 1. The Morgan fingerprint density at radius 1 is 1.03 bits per heavy atom. The van der Waals surface area contributed by atoms with Gasteiger partial charge in [-0.25, -0.2) is 4.79 Å². The summed E-state index contributed by atoms with van der Waals surface area (Å²) in [4.78, 5) is 14.6. The van der Waals surface area contributed by atoms with Gasteiger partial charge in [0.05, 0.1) is 38.6 Å². The van der Waals surface area contributed by atoms with Crippen LogP contribution in [0.2, 0.25) is 0 Å². The molecule has 1 heterocycles. The summed E-state index contributed by atoms with van der Waals surface area (Å²) in [5.41, 5.74) is 0. The maximum absolute atomic E-state index is 12.0. The van der Waals surface area contributed by atoms with Crippen LogP contribution in [-0.4, -0.2) is 68.6 Å². The Bertz CT molecular complexity index is 527. The van der Waals surface area contributed by atoms with E-state index in [4.69, 9.17) is 18.9 Å². The lowest BCUT2D eigenvalue weighted by molar-refractivity contribution is -0.142. The Labute approximate surface area is 175 Å². The van der Waals surface area contributed by atoms with E-state index in [-0.39, 0.29) is 5.97 Å². The van der Waals surface area contributed by atoms with Crippen LogP contribution in [0.15, 0.2) is 11.8 Å². The van der Waals surface area contributed by atoms with E-state index in [2.05, 4.69) is 4.90 Å². The van der Waals surface area contributed by atoms with E-state index in [1.807, 2.05) is 19.9 Å². The van der Waals surface area contributed by atoms with Crippen molar-refractivity contribution in [2.24, 2.45) is 5.92 Å². The van der Waals surface area contributed by atoms with Gasteiger partial charge < -0.3 is 18.9 Å². The summed E-state index contributed by atoms with van der Waals surface area (Å²) >= 11 is 0. The average molecular weight is 410 g/mol. The maximum atomic E-state index is 12.0. The molecule has 2 unspecified atom stereocenters. The molecule has 0 N–H and O–H groups in total. The molecule has 166 valence electrons. The molecule has 0 aromatic carbocycles. The molecule has 0 aromatic heterocycles. The Morgan fingerprint density at radius 2 is 1.79 bits per heavy atom. The number of carbonyl (C=O) groups excluding carboxylic acids is 1. The highest BCUT2D eigenvalue weighted by molar-refractivity contribution is 5.86. The smallest absolute Gasteiger partial charge is 0.373 e. The fourth-order valence-electron chi connectivity index (χ4n) is 4.96. The van der Waals surface area contributed by atoms with E-state index in [1.165, 1.54) is 25.7 Å². The Balaban J connectivity index is 1.38. The minimum absolute atomic E-state index is 0.334. The van der Waals surface area contributed by atoms with Crippen molar-refractivity contribution in [3.8, 4) is 0 Å². The molecule has 1 saturated heterocycles. The minimum Gasteiger partial charge on any atom is -0.487 e. The molecule has 6 nitrogen and oxygen atoms in total. The summed E-state index contributed by atoms with van der Waals surface area (Å²) in [5.74, 6) is 0.385. The fourth-order valence-corrected chi connectivity index (χ4v) is 4.96. The second-order valence-electron chi connectivity index (χ2n) is 8.39. The van der Waals surface area contributed by atoms with Gasteiger partial charge in [-0.15, -0.1) is 0 Å². The van der Waals surface area contributed by atoms with Crippen LogP contribution in [0.25, 0.3) is 0 Å². The van der Waals surface area contributed by atoms with Crippen LogP contribution in [0, 0.1) is 5.92 Å². The van der Waals surface area contributed by atoms with Gasteiger partial charge in [-0.2, -0.15) is 0 Å². The van der Waals surface area contributed by atoms with Crippen LogP contribution in [0.3, 0.4) is 0 Å². The van der Waals surface area contributed by atoms with Crippen LogP contribution in [0.5, 0.6) is 0 Å². The fraction of sp³-hybridized carbons (Fsp3) is 0.870. The molecule has 3 rings (SSSR count). The van der Waals surface area contributed by atoms with E-state index in [0.717, 1.165) is 52.0 Å². The van der Waals surface area contributed by atoms with Crippen molar-refractivity contribution < 1.29 is 23.7 Å². The van der Waals surface area contributed by atoms with Crippen molar-refractivity contribution in [1.29, 1.82) is 0 Å². The summed E-state index contributed by atoms with van der Waals surface area (Å²) in [6, 6.07) is 0.599. The average Bonchev–Trinajstić information content (AvgIpc) is 2.75. The van der Waals surface area contributed by atoms with Gasteiger partial charge in [-0.1, -0.05) is 12.8 Å².